The quantitative estimate of drug-likeness (QED) is 0.525. The van der Waals surface area contributed by atoms with E-state index < -0.39 is 5.97 Å². The van der Waals surface area contributed by atoms with Crippen molar-refractivity contribution in [1.29, 1.82) is 0 Å². The van der Waals surface area contributed by atoms with Crippen LogP contribution in [0.2, 0.25) is 0 Å². The van der Waals surface area contributed by atoms with Crippen LogP contribution in [0.1, 0.15) is 45.4 Å². The molecule has 96 valence electrons. The van der Waals surface area contributed by atoms with Gasteiger partial charge in [-0.3, -0.25) is 4.79 Å². The topological polar surface area (TPSA) is 55.8 Å². The number of rotatable bonds is 12. The van der Waals surface area contributed by atoms with Crippen molar-refractivity contribution in [3.63, 3.8) is 0 Å². The molecule has 0 bridgehead atoms. The lowest BCUT2D eigenvalue weighted by molar-refractivity contribution is -0.138. The minimum Gasteiger partial charge on any atom is -0.481 e. The van der Waals surface area contributed by atoms with Gasteiger partial charge in [0.25, 0.3) is 0 Å². The molecular formula is C12H24O4. The van der Waals surface area contributed by atoms with Crippen LogP contribution in [0, 0.1) is 0 Å². The van der Waals surface area contributed by atoms with Crippen molar-refractivity contribution in [1.82, 2.24) is 0 Å². The summed E-state index contributed by atoms with van der Waals surface area (Å²) in [5.74, 6) is -0.822. The van der Waals surface area contributed by atoms with Crippen molar-refractivity contribution in [2.45, 2.75) is 45.4 Å². The van der Waals surface area contributed by atoms with Crippen LogP contribution in [-0.4, -0.2) is 37.5 Å². The second-order valence-electron chi connectivity index (χ2n) is 3.78. The Morgan fingerprint density at radius 2 is 1.56 bits per heavy atom. The molecule has 16 heavy (non-hydrogen) atoms. The van der Waals surface area contributed by atoms with E-state index in [-0.39, 0.29) is 13.0 Å². The number of hydrogen-bond donors (Lipinski definition) is 1. The highest BCUT2D eigenvalue weighted by atomic mass is 16.5. The SMILES string of the molecule is CCCCCCCOCCOCCC(=O)O. The second-order valence-corrected chi connectivity index (χ2v) is 3.78. The number of carboxylic acid groups (broad SMARTS) is 1. The first kappa shape index (κ1) is 15.4. The molecule has 0 rings (SSSR count). The van der Waals surface area contributed by atoms with E-state index in [1.807, 2.05) is 0 Å². The molecule has 0 unspecified atom stereocenters. The second kappa shape index (κ2) is 12.5. The molecule has 0 aromatic rings. The summed E-state index contributed by atoms with van der Waals surface area (Å²) < 4.78 is 10.4. The van der Waals surface area contributed by atoms with Gasteiger partial charge in [0, 0.05) is 6.61 Å². The largest absolute Gasteiger partial charge is 0.481 e. The first-order valence-electron chi connectivity index (χ1n) is 6.14. The molecule has 0 aromatic carbocycles. The van der Waals surface area contributed by atoms with Crippen LogP contribution < -0.4 is 0 Å². The Morgan fingerprint density at radius 3 is 2.19 bits per heavy atom. The Balaban J connectivity index is 2.90. The van der Waals surface area contributed by atoms with E-state index in [4.69, 9.17) is 14.6 Å². The first-order valence-corrected chi connectivity index (χ1v) is 6.14. The van der Waals surface area contributed by atoms with Gasteiger partial charge in [-0.25, -0.2) is 0 Å². The van der Waals surface area contributed by atoms with Gasteiger partial charge in [-0.15, -0.1) is 0 Å². The van der Waals surface area contributed by atoms with Gasteiger partial charge >= 0.3 is 5.97 Å². The minimum atomic E-state index is -0.822. The van der Waals surface area contributed by atoms with E-state index in [1.54, 1.807) is 0 Å². The zero-order valence-corrected chi connectivity index (χ0v) is 10.2. The van der Waals surface area contributed by atoms with Gasteiger partial charge < -0.3 is 14.6 Å². The molecule has 0 amide bonds. The number of ether oxygens (including phenoxy) is 2. The zero-order valence-electron chi connectivity index (χ0n) is 10.2. The van der Waals surface area contributed by atoms with Gasteiger partial charge in [0.05, 0.1) is 26.2 Å². The molecule has 0 aliphatic rings. The van der Waals surface area contributed by atoms with Gasteiger partial charge in [-0.1, -0.05) is 32.6 Å². The fourth-order valence-corrected chi connectivity index (χ4v) is 1.29. The number of aliphatic carboxylic acids is 1. The predicted molar refractivity (Wildman–Crippen MR) is 62.6 cm³/mol. The summed E-state index contributed by atoms with van der Waals surface area (Å²) in [5, 5.41) is 8.35. The summed E-state index contributed by atoms with van der Waals surface area (Å²) in [7, 11) is 0. The van der Waals surface area contributed by atoms with Crippen molar-refractivity contribution >= 4 is 5.97 Å². The number of carbonyl (C=O) groups is 1. The van der Waals surface area contributed by atoms with Crippen molar-refractivity contribution in [2.75, 3.05) is 26.4 Å². The Morgan fingerprint density at radius 1 is 0.938 bits per heavy atom. The lowest BCUT2D eigenvalue weighted by atomic mass is 10.2. The molecule has 0 fully saturated rings. The molecule has 4 nitrogen and oxygen atoms in total. The molecule has 0 aliphatic carbocycles. The Kier molecular flexibility index (Phi) is 12.0. The van der Waals surface area contributed by atoms with Gasteiger partial charge in [-0.2, -0.15) is 0 Å². The smallest absolute Gasteiger partial charge is 0.305 e. The van der Waals surface area contributed by atoms with Crippen LogP contribution in [0.5, 0.6) is 0 Å². The number of unbranched alkanes of at least 4 members (excludes halogenated alkanes) is 4. The van der Waals surface area contributed by atoms with E-state index in [9.17, 15) is 4.79 Å². The first-order chi connectivity index (χ1) is 7.77. The third-order valence-corrected chi connectivity index (χ3v) is 2.22. The van der Waals surface area contributed by atoms with Crippen molar-refractivity contribution in [2.24, 2.45) is 0 Å². The van der Waals surface area contributed by atoms with E-state index in [0.29, 0.717) is 13.2 Å². The Hall–Kier alpha value is -0.610. The Labute approximate surface area is 97.9 Å². The fourth-order valence-electron chi connectivity index (χ4n) is 1.29. The summed E-state index contributed by atoms with van der Waals surface area (Å²) in [4.78, 5) is 10.1. The number of hydrogen-bond acceptors (Lipinski definition) is 3. The van der Waals surface area contributed by atoms with Gasteiger partial charge in [0.15, 0.2) is 0 Å². The molecule has 0 saturated carbocycles. The highest BCUT2D eigenvalue weighted by molar-refractivity contribution is 5.66. The Bertz CT molecular complexity index is 159. The van der Waals surface area contributed by atoms with E-state index >= 15 is 0 Å². The van der Waals surface area contributed by atoms with Crippen molar-refractivity contribution in [3.8, 4) is 0 Å². The average Bonchev–Trinajstić information content (AvgIpc) is 2.25. The van der Waals surface area contributed by atoms with Crippen LogP contribution >= 0.6 is 0 Å². The summed E-state index contributed by atoms with van der Waals surface area (Å²) in [6, 6.07) is 0. The lowest BCUT2D eigenvalue weighted by Crippen LogP contribution is -2.08. The van der Waals surface area contributed by atoms with Crippen LogP contribution in [0.3, 0.4) is 0 Å². The molecule has 0 heterocycles. The van der Waals surface area contributed by atoms with Crippen molar-refractivity contribution in [3.05, 3.63) is 0 Å². The molecule has 0 aliphatic heterocycles. The van der Waals surface area contributed by atoms with Crippen molar-refractivity contribution < 1.29 is 19.4 Å². The van der Waals surface area contributed by atoms with Crippen LogP contribution in [-0.2, 0) is 14.3 Å². The molecular weight excluding hydrogens is 208 g/mol. The maximum atomic E-state index is 10.1. The van der Waals surface area contributed by atoms with Crippen LogP contribution in [0.25, 0.3) is 0 Å². The van der Waals surface area contributed by atoms with E-state index in [1.165, 1.54) is 25.7 Å². The summed E-state index contributed by atoms with van der Waals surface area (Å²) >= 11 is 0. The third kappa shape index (κ3) is 13.4. The molecule has 0 atom stereocenters. The van der Waals surface area contributed by atoms with Gasteiger partial charge in [-0.05, 0) is 6.42 Å². The molecule has 0 radical (unpaired) electrons. The normalized spacial score (nSPS) is 10.6. The molecule has 0 saturated heterocycles. The van der Waals surface area contributed by atoms with Crippen LogP contribution in [0.4, 0.5) is 0 Å². The highest BCUT2D eigenvalue weighted by Gasteiger charge is 1.96. The third-order valence-electron chi connectivity index (χ3n) is 2.22. The van der Waals surface area contributed by atoms with Gasteiger partial charge in [0.1, 0.15) is 0 Å². The standard InChI is InChI=1S/C12H24O4/c1-2-3-4-5-6-8-15-10-11-16-9-7-12(13)14/h2-11H2,1H3,(H,13,14). The van der Waals surface area contributed by atoms with E-state index in [0.717, 1.165) is 13.0 Å². The summed E-state index contributed by atoms with van der Waals surface area (Å²) in [5.41, 5.74) is 0. The highest BCUT2D eigenvalue weighted by Crippen LogP contribution is 2.02. The zero-order chi connectivity index (χ0) is 12.1. The maximum Gasteiger partial charge on any atom is 0.305 e. The lowest BCUT2D eigenvalue weighted by Gasteiger charge is -2.04. The fraction of sp³-hybridized carbons (Fsp3) is 0.917. The maximum absolute atomic E-state index is 10.1. The molecule has 1 N–H and O–H groups in total. The summed E-state index contributed by atoms with van der Waals surface area (Å²) in [6.45, 7) is 4.31. The van der Waals surface area contributed by atoms with Crippen LogP contribution in [0.15, 0.2) is 0 Å². The molecule has 4 heteroatoms. The summed E-state index contributed by atoms with van der Waals surface area (Å²) in [6.07, 6.45) is 6.26. The average molecular weight is 232 g/mol. The minimum absolute atomic E-state index is 0.0665. The van der Waals surface area contributed by atoms with E-state index in [2.05, 4.69) is 6.92 Å². The predicted octanol–water partition coefficient (Wildman–Crippen LogP) is 2.46. The molecule has 0 aromatic heterocycles. The molecule has 0 spiro atoms. The van der Waals surface area contributed by atoms with Gasteiger partial charge in [0.2, 0.25) is 0 Å². The monoisotopic (exact) mass is 232 g/mol. The number of carboxylic acids is 1.